The number of amides is 4. The summed E-state index contributed by atoms with van der Waals surface area (Å²) in [7, 11) is 1.56. The Labute approximate surface area is 174 Å². The number of urea groups is 1. The molecule has 30 heavy (non-hydrogen) atoms. The molecule has 2 atom stereocenters. The van der Waals surface area contributed by atoms with E-state index in [-0.39, 0.29) is 19.6 Å². The number of carbonyl (C=O) groups excluding carboxylic acids is 3. The molecular weight excluding hydrogens is 386 g/mol. The standard InChI is InChI=1S/C22H25N3O5/c1-30-18-9-7-16(8-10-18)13-25-21(28)19(24-22(25)29)12-20(27)23-17(14-26)11-15-5-3-2-4-6-15/h2-10,17,19,26H,11-14H2,1H3,(H,23,27)(H,24,29)/t17-,19-/m1/s1. The Morgan fingerprint density at radius 2 is 1.83 bits per heavy atom. The van der Waals surface area contributed by atoms with Crippen LogP contribution >= 0.6 is 0 Å². The van der Waals surface area contributed by atoms with E-state index in [2.05, 4.69) is 10.6 Å². The number of imide groups is 1. The SMILES string of the molecule is COc1ccc(CN2C(=O)N[C@H](CC(=O)N[C@@H](CO)Cc3ccccc3)C2=O)cc1. The van der Waals surface area contributed by atoms with E-state index in [0.717, 1.165) is 16.0 Å². The van der Waals surface area contributed by atoms with Crippen LogP contribution in [0.5, 0.6) is 5.75 Å². The van der Waals surface area contributed by atoms with Crippen LogP contribution < -0.4 is 15.4 Å². The second-order valence-corrected chi connectivity index (χ2v) is 7.12. The number of rotatable bonds is 9. The summed E-state index contributed by atoms with van der Waals surface area (Å²) in [5, 5.41) is 14.9. The number of ether oxygens (including phenoxy) is 1. The molecule has 3 N–H and O–H groups in total. The first-order chi connectivity index (χ1) is 14.5. The normalized spacial score (nSPS) is 16.9. The summed E-state index contributed by atoms with van der Waals surface area (Å²) in [6.07, 6.45) is 0.284. The summed E-state index contributed by atoms with van der Waals surface area (Å²) in [6, 6.07) is 14.6. The van der Waals surface area contributed by atoms with E-state index >= 15 is 0 Å². The zero-order valence-electron chi connectivity index (χ0n) is 16.7. The zero-order valence-corrected chi connectivity index (χ0v) is 16.7. The predicted octanol–water partition coefficient (Wildman–Crippen LogP) is 1.23. The molecule has 0 unspecified atom stereocenters. The van der Waals surface area contributed by atoms with Crippen molar-refractivity contribution in [1.29, 1.82) is 0 Å². The number of nitrogens with one attached hydrogen (secondary N) is 2. The van der Waals surface area contributed by atoms with Gasteiger partial charge in [0.25, 0.3) is 5.91 Å². The summed E-state index contributed by atoms with van der Waals surface area (Å²) in [6.45, 7) is -0.116. The first-order valence-electron chi connectivity index (χ1n) is 9.69. The highest BCUT2D eigenvalue weighted by Crippen LogP contribution is 2.17. The van der Waals surface area contributed by atoms with Gasteiger partial charge in [-0.25, -0.2) is 4.79 Å². The number of hydrogen-bond acceptors (Lipinski definition) is 5. The lowest BCUT2D eigenvalue weighted by Gasteiger charge is -2.17. The van der Waals surface area contributed by atoms with Crippen molar-refractivity contribution in [2.24, 2.45) is 0 Å². The van der Waals surface area contributed by atoms with Crippen LogP contribution in [0.2, 0.25) is 0 Å². The minimum absolute atomic E-state index is 0.111. The Kier molecular flexibility index (Phi) is 7.03. The highest BCUT2D eigenvalue weighted by atomic mass is 16.5. The van der Waals surface area contributed by atoms with Crippen LogP contribution in [0.1, 0.15) is 17.5 Å². The van der Waals surface area contributed by atoms with Gasteiger partial charge in [0.05, 0.1) is 32.7 Å². The van der Waals surface area contributed by atoms with E-state index < -0.39 is 29.9 Å². The number of carbonyl (C=O) groups is 3. The number of nitrogens with zero attached hydrogens (tertiary/aromatic N) is 1. The van der Waals surface area contributed by atoms with Crippen LogP contribution in [-0.2, 0) is 22.6 Å². The number of methoxy groups -OCH3 is 1. The maximum Gasteiger partial charge on any atom is 0.325 e. The molecule has 3 rings (SSSR count). The number of aliphatic hydroxyl groups excluding tert-OH is 1. The van der Waals surface area contributed by atoms with Crippen molar-refractivity contribution >= 4 is 17.8 Å². The molecule has 8 heteroatoms. The molecule has 1 aliphatic rings. The van der Waals surface area contributed by atoms with Gasteiger partial charge in [-0.3, -0.25) is 14.5 Å². The van der Waals surface area contributed by atoms with Crippen LogP contribution in [0.4, 0.5) is 4.79 Å². The zero-order chi connectivity index (χ0) is 21.5. The van der Waals surface area contributed by atoms with Crippen molar-refractivity contribution in [3.8, 4) is 5.75 Å². The molecule has 2 aromatic carbocycles. The van der Waals surface area contributed by atoms with Gasteiger partial charge in [-0.1, -0.05) is 42.5 Å². The van der Waals surface area contributed by atoms with Crippen molar-refractivity contribution < 1.29 is 24.2 Å². The molecule has 0 saturated carbocycles. The smallest absolute Gasteiger partial charge is 0.325 e. The third-order valence-corrected chi connectivity index (χ3v) is 4.91. The molecule has 0 aromatic heterocycles. The molecule has 0 bridgehead atoms. The van der Waals surface area contributed by atoms with Gasteiger partial charge >= 0.3 is 6.03 Å². The van der Waals surface area contributed by atoms with Gasteiger partial charge in [-0.2, -0.15) is 0 Å². The highest BCUT2D eigenvalue weighted by molar-refractivity contribution is 6.05. The Morgan fingerprint density at radius 1 is 1.13 bits per heavy atom. The van der Waals surface area contributed by atoms with Crippen molar-refractivity contribution in [3.05, 3.63) is 65.7 Å². The number of hydrogen-bond donors (Lipinski definition) is 3. The fraction of sp³-hybridized carbons (Fsp3) is 0.318. The van der Waals surface area contributed by atoms with Crippen LogP contribution in [-0.4, -0.2) is 53.7 Å². The van der Waals surface area contributed by atoms with E-state index in [0.29, 0.717) is 12.2 Å². The lowest BCUT2D eigenvalue weighted by Crippen LogP contribution is -2.43. The first kappa shape index (κ1) is 21.3. The molecule has 0 radical (unpaired) electrons. The van der Waals surface area contributed by atoms with E-state index in [1.54, 1.807) is 31.4 Å². The van der Waals surface area contributed by atoms with Gasteiger partial charge in [0.2, 0.25) is 5.91 Å². The van der Waals surface area contributed by atoms with Crippen molar-refractivity contribution in [2.75, 3.05) is 13.7 Å². The number of benzene rings is 2. The minimum Gasteiger partial charge on any atom is -0.497 e. The van der Waals surface area contributed by atoms with Crippen molar-refractivity contribution in [1.82, 2.24) is 15.5 Å². The average Bonchev–Trinajstić information content (AvgIpc) is 3.01. The van der Waals surface area contributed by atoms with Crippen LogP contribution in [0.15, 0.2) is 54.6 Å². The monoisotopic (exact) mass is 411 g/mol. The molecule has 0 aliphatic carbocycles. The summed E-state index contributed by atoms with van der Waals surface area (Å²) in [4.78, 5) is 38.3. The largest absolute Gasteiger partial charge is 0.497 e. The van der Waals surface area contributed by atoms with Crippen LogP contribution in [0.25, 0.3) is 0 Å². The second-order valence-electron chi connectivity index (χ2n) is 7.12. The summed E-state index contributed by atoms with van der Waals surface area (Å²) in [5.41, 5.74) is 1.75. The Morgan fingerprint density at radius 3 is 2.47 bits per heavy atom. The van der Waals surface area contributed by atoms with Gasteiger partial charge < -0.3 is 20.5 Å². The van der Waals surface area contributed by atoms with E-state index in [9.17, 15) is 19.5 Å². The fourth-order valence-electron chi connectivity index (χ4n) is 3.31. The fourth-order valence-corrected chi connectivity index (χ4v) is 3.31. The van der Waals surface area contributed by atoms with Crippen LogP contribution in [0.3, 0.4) is 0 Å². The van der Waals surface area contributed by atoms with E-state index in [4.69, 9.17) is 4.74 Å². The van der Waals surface area contributed by atoms with E-state index in [1.807, 2.05) is 30.3 Å². The third kappa shape index (κ3) is 5.36. The molecule has 1 aliphatic heterocycles. The Balaban J connectivity index is 1.55. The predicted molar refractivity (Wildman–Crippen MR) is 110 cm³/mol. The molecule has 4 amide bonds. The van der Waals surface area contributed by atoms with Gasteiger partial charge in [0, 0.05) is 0 Å². The van der Waals surface area contributed by atoms with Crippen molar-refractivity contribution in [3.63, 3.8) is 0 Å². The molecule has 1 heterocycles. The van der Waals surface area contributed by atoms with Crippen molar-refractivity contribution in [2.45, 2.75) is 31.5 Å². The highest BCUT2D eigenvalue weighted by Gasteiger charge is 2.39. The van der Waals surface area contributed by atoms with Gasteiger partial charge in [0.15, 0.2) is 0 Å². The molecule has 2 aromatic rings. The molecular formula is C22H25N3O5. The minimum atomic E-state index is -0.924. The first-order valence-corrected chi connectivity index (χ1v) is 9.69. The quantitative estimate of drug-likeness (QED) is 0.538. The average molecular weight is 411 g/mol. The maximum absolute atomic E-state index is 12.6. The molecule has 1 saturated heterocycles. The molecule has 0 spiro atoms. The van der Waals surface area contributed by atoms with Crippen LogP contribution in [0, 0.1) is 0 Å². The van der Waals surface area contributed by atoms with Gasteiger partial charge in [-0.05, 0) is 29.7 Å². The number of aliphatic hydroxyl groups is 1. The maximum atomic E-state index is 12.6. The molecule has 1 fully saturated rings. The Hall–Kier alpha value is -3.39. The summed E-state index contributed by atoms with van der Waals surface area (Å²) >= 11 is 0. The topological polar surface area (TPSA) is 108 Å². The third-order valence-electron chi connectivity index (χ3n) is 4.91. The van der Waals surface area contributed by atoms with Gasteiger partial charge in [0.1, 0.15) is 11.8 Å². The lowest BCUT2D eigenvalue weighted by molar-refractivity contribution is -0.131. The summed E-state index contributed by atoms with van der Waals surface area (Å²) in [5.74, 6) is -0.177. The van der Waals surface area contributed by atoms with Gasteiger partial charge in [-0.15, -0.1) is 0 Å². The molecule has 158 valence electrons. The van der Waals surface area contributed by atoms with E-state index in [1.165, 1.54) is 0 Å². The summed E-state index contributed by atoms with van der Waals surface area (Å²) < 4.78 is 5.10. The Bertz CT molecular complexity index is 885. The molecule has 8 nitrogen and oxygen atoms in total. The lowest BCUT2D eigenvalue weighted by atomic mass is 10.1. The second kappa shape index (κ2) is 9.89.